The van der Waals surface area contributed by atoms with Gasteiger partial charge in [-0.05, 0) is 35.6 Å². The number of aromatic carboxylic acids is 1. The molecule has 4 heteroatoms. The third kappa shape index (κ3) is 2.43. The van der Waals surface area contributed by atoms with E-state index in [4.69, 9.17) is 5.73 Å². The first kappa shape index (κ1) is 14.6. The Kier molecular flexibility index (Phi) is 4.14. The molecule has 2 aromatic rings. The van der Waals surface area contributed by atoms with Crippen LogP contribution in [0.1, 0.15) is 48.2 Å². The van der Waals surface area contributed by atoms with Gasteiger partial charge in [-0.15, -0.1) is 0 Å². The van der Waals surface area contributed by atoms with E-state index >= 15 is 0 Å². The van der Waals surface area contributed by atoms with Crippen molar-refractivity contribution in [1.29, 1.82) is 0 Å². The normalized spacial score (nSPS) is 11.4. The van der Waals surface area contributed by atoms with Gasteiger partial charge in [0.05, 0.1) is 11.1 Å². The average molecular weight is 274 g/mol. The highest BCUT2D eigenvalue weighted by Crippen LogP contribution is 2.31. The Hall–Kier alpha value is -1.81. The number of benzene rings is 1. The second kappa shape index (κ2) is 5.67. The highest BCUT2D eigenvalue weighted by molar-refractivity contribution is 5.96. The number of carbonyl (C=O) groups is 1. The largest absolute Gasteiger partial charge is 0.478 e. The van der Waals surface area contributed by atoms with Gasteiger partial charge in [0, 0.05) is 24.7 Å². The van der Waals surface area contributed by atoms with Gasteiger partial charge in [0.1, 0.15) is 0 Å². The van der Waals surface area contributed by atoms with Gasteiger partial charge in [-0.2, -0.15) is 0 Å². The lowest BCUT2D eigenvalue weighted by Gasteiger charge is -2.09. The second-order valence-corrected chi connectivity index (χ2v) is 5.41. The molecule has 20 heavy (non-hydrogen) atoms. The Balaban J connectivity index is 2.81. The molecule has 1 aromatic carbocycles. The molecule has 2 rings (SSSR count). The summed E-state index contributed by atoms with van der Waals surface area (Å²) in [7, 11) is 0. The van der Waals surface area contributed by atoms with Crippen LogP contribution in [0.15, 0.2) is 18.3 Å². The molecule has 0 atom stereocenters. The van der Waals surface area contributed by atoms with E-state index < -0.39 is 5.97 Å². The molecular formula is C16H22N2O2. The van der Waals surface area contributed by atoms with Crippen LogP contribution in [-0.2, 0) is 13.0 Å². The van der Waals surface area contributed by atoms with E-state index in [1.807, 2.05) is 0 Å². The Bertz CT molecular complexity index is 641. The quantitative estimate of drug-likeness (QED) is 0.880. The van der Waals surface area contributed by atoms with Gasteiger partial charge < -0.3 is 15.4 Å². The van der Waals surface area contributed by atoms with Crippen LogP contribution in [0.3, 0.4) is 0 Å². The molecule has 1 aromatic heterocycles. The summed E-state index contributed by atoms with van der Waals surface area (Å²) < 4.78 is 2.16. The highest BCUT2D eigenvalue weighted by Gasteiger charge is 2.17. The van der Waals surface area contributed by atoms with Crippen LogP contribution in [0.5, 0.6) is 0 Å². The minimum Gasteiger partial charge on any atom is -0.478 e. The van der Waals surface area contributed by atoms with Crippen molar-refractivity contribution in [3.8, 4) is 0 Å². The molecule has 0 bridgehead atoms. The van der Waals surface area contributed by atoms with Crippen LogP contribution in [-0.4, -0.2) is 22.2 Å². The van der Waals surface area contributed by atoms with Crippen LogP contribution in [0, 0.1) is 0 Å². The molecule has 1 heterocycles. The first-order valence-corrected chi connectivity index (χ1v) is 7.08. The minimum atomic E-state index is -0.872. The van der Waals surface area contributed by atoms with Crippen LogP contribution in [0.4, 0.5) is 0 Å². The average Bonchev–Trinajstić information content (AvgIpc) is 2.77. The van der Waals surface area contributed by atoms with Crippen LogP contribution in [0.2, 0.25) is 0 Å². The van der Waals surface area contributed by atoms with E-state index in [1.165, 1.54) is 5.56 Å². The number of carboxylic acids is 1. The number of fused-ring (bicyclic) bond motifs is 1. The Morgan fingerprint density at radius 2 is 2.10 bits per heavy atom. The summed E-state index contributed by atoms with van der Waals surface area (Å²) in [6, 6.07) is 3.57. The molecule has 0 aliphatic rings. The summed E-state index contributed by atoms with van der Waals surface area (Å²) >= 11 is 0. The lowest BCUT2D eigenvalue weighted by molar-refractivity contribution is 0.0697. The molecule has 3 N–H and O–H groups in total. The molecule has 0 unspecified atom stereocenters. The topological polar surface area (TPSA) is 68.2 Å². The van der Waals surface area contributed by atoms with Crippen molar-refractivity contribution in [2.24, 2.45) is 5.73 Å². The summed E-state index contributed by atoms with van der Waals surface area (Å²) in [6.07, 6.45) is 2.93. The van der Waals surface area contributed by atoms with E-state index in [0.717, 1.165) is 29.4 Å². The molecule has 4 nitrogen and oxygen atoms in total. The zero-order valence-corrected chi connectivity index (χ0v) is 12.3. The maximum Gasteiger partial charge on any atom is 0.335 e. The maximum absolute atomic E-state index is 11.3. The number of rotatable bonds is 5. The highest BCUT2D eigenvalue weighted by atomic mass is 16.4. The third-order valence-corrected chi connectivity index (χ3v) is 3.70. The molecular weight excluding hydrogens is 252 g/mol. The van der Waals surface area contributed by atoms with Crippen LogP contribution in [0.25, 0.3) is 10.9 Å². The molecule has 0 aliphatic carbocycles. The number of nitrogens with zero attached hydrogens (tertiary/aromatic N) is 1. The van der Waals surface area contributed by atoms with Crippen LogP contribution >= 0.6 is 0 Å². The summed E-state index contributed by atoms with van der Waals surface area (Å²) in [6.45, 7) is 7.63. The fourth-order valence-corrected chi connectivity index (χ4v) is 2.72. The molecule has 108 valence electrons. The zero-order valence-electron chi connectivity index (χ0n) is 12.3. The third-order valence-electron chi connectivity index (χ3n) is 3.70. The minimum absolute atomic E-state index is 0.352. The van der Waals surface area contributed by atoms with Gasteiger partial charge in [0.2, 0.25) is 0 Å². The smallest absolute Gasteiger partial charge is 0.335 e. The lowest BCUT2D eigenvalue weighted by Crippen LogP contribution is -2.09. The van der Waals surface area contributed by atoms with Crippen molar-refractivity contribution in [3.63, 3.8) is 0 Å². The number of hydrogen-bond acceptors (Lipinski definition) is 2. The number of aryl methyl sites for hydroxylation is 1. The summed E-state index contributed by atoms with van der Waals surface area (Å²) in [5, 5.41) is 10.3. The summed E-state index contributed by atoms with van der Waals surface area (Å²) in [5.74, 6) is -0.520. The van der Waals surface area contributed by atoms with E-state index in [0.29, 0.717) is 18.0 Å². The van der Waals surface area contributed by atoms with E-state index in [-0.39, 0.29) is 0 Å². The standard InChI is InChI=1S/C16H22N2O2/c1-4-11-7-12(16(19)20)8-13-14(10(2)3)9-18(6-5-17)15(11)13/h7-10H,4-6,17H2,1-3H3,(H,19,20). The first-order chi connectivity index (χ1) is 9.49. The molecule has 0 radical (unpaired) electrons. The molecule has 0 amide bonds. The number of nitrogens with two attached hydrogens (primary N) is 1. The number of carboxylic acid groups (broad SMARTS) is 1. The second-order valence-electron chi connectivity index (χ2n) is 5.41. The Morgan fingerprint density at radius 3 is 2.60 bits per heavy atom. The van der Waals surface area contributed by atoms with Crippen molar-refractivity contribution in [1.82, 2.24) is 4.57 Å². The number of aromatic nitrogens is 1. The lowest BCUT2D eigenvalue weighted by atomic mass is 9.98. The molecule has 0 fully saturated rings. The van der Waals surface area contributed by atoms with Gasteiger partial charge in [-0.25, -0.2) is 4.79 Å². The number of hydrogen-bond donors (Lipinski definition) is 2. The predicted molar refractivity (Wildman–Crippen MR) is 81.4 cm³/mol. The first-order valence-electron chi connectivity index (χ1n) is 7.08. The van der Waals surface area contributed by atoms with E-state index in [9.17, 15) is 9.90 Å². The fraction of sp³-hybridized carbons (Fsp3) is 0.438. The zero-order chi connectivity index (χ0) is 14.9. The monoisotopic (exact) mass is 274 g/mol. The van der Waals surface area contributed by atoms with E-state index in [2.05, 4.69) is 31.5 Å². The maximum atomic E-state index is 11.3. The van der Waals surface area contributed by atoms with Gasteiger partial charge in [-0.3, -0.25) is 0 Å². The summed E-state index contributed by atoms with van der Waals surface area (Å²) in [5.41, 5.74) is 9.44. The van der Waals surface area contributed by atoms with Gasteiger partial charge >= 0.3 is 5.97 Å². The van der Waals surface area contributed by atoms with Crippen molar-refractivity contribution >= 4 is 16.9 Å². The summed E-state index contributed by atoms with van der Waals surface area (Å²) in [4.78, 5) is 11.3. The van der Waals surface area contributed by atoms with Crippen molar-refractivity contribution in [2.45, 2.75) is 39.7 Å². The van der Waals surface area contributed by atoms with E-state index in [1.54, 1.807) is 12.1 Å². The van der Waals surface area contributed by atoms with Crippen molar-refractivity contribution in [2.75, 3.05) is 6.54 Å². The molecule has 0 saturated heterocycles. The fourth-order valence-electron chi connectivity index (χ4n) is 2.72. The Morgan fingerprint density at radius 1 is 1.40 bits per heavy atom. The Labute approximate surface area is 119 Å². The van der Waals surface area contributed by atoms with Gasteiger partial charge in [0.25, 0.3) is 0 Å². The van der Waals surface area contributed by atoms with Gasteiger partial charge in [0.15, 0.2) is 0 Å². The van der Waals surface area contributed by atoms with Gasteiger partial charge in [-0.1, -0.05) is 20.8 Å². The van der Waals surface area contributed by atoms with Crippen LogP contribution < -0.4 is 5.73 Å². The van der Waals surface area contributed by atoms with Crippen molar-refractivity contribution in [3.05, 3.63) is 35.0 Å². The molecule has 0 spiro atoms. The molecule has 0 aliphatic heterocycles. The molecule has 0 saturated carbocycles. The SMILES string of the molecule is CCc1cc(C(=O)O)cc2c(C(C)C)cn(CCN)c12. The predicted octanol–water partition coefficient (Wildman–Crippen LogP) is 2.98. The van der Waals surface area contributed by atoms with Crippen molar-refractivity contribution < 1.29 is 9.90 Å².